The summed E-state index contributed by atoms with van der Waals surface area (Å²) in [5.74, 6) is 1.98. The summed E-state index contributed by atoms with van der Waals surface area (Å²) in [6, 6.07) is 38.9. The predicted octanol–water partition coefficient (Wildman–Crippen LogP) is 7.40. The minimum absolute atomic E-state index is 0.653. The van der Waals surface area contributed by atoms with Crippen LogP contribution in [-0.2, 0) is 0 Å². The van der Waals surface area contributed by atoms with Crippen molar-refractivity contribution in [2.24, 2.45) is 0 Å². The molecule has 35 heavy (non-hydrogen) atoms. The molecule has 2 heterocycles. The number of aryl methyl sites for hydroxylation is 1. The normalized spacial score (nSPS) is 11.0. The van der Waals surface area contributed by atoms with Crippen molar-refractivity contribution in [1.29, 1.82) is 0 Å². The van der Waals surface area contributed by atoms with E-state index in [1.54, 1.807) is 0 Å². The number of fused-ring (bicyclic) bond motifs is 1. The van der Waals surface area contributed by atoms with Crippen LogP contribution < -0.4 is 0 Å². The number of para-hydroxylation sites is 1. The Kier molecular flexibility index (Phi) is 5.32. The first-order valence-electron chi connectivity index (χ1n) is 11.6. The minimum Gasteiger partial charge on any atom is -0.253 e. The zero-order valence-electron chi connectivity index (χ0n) is 19.3. The smallest absolute Gasteiger partial charge is 0.164 e. The molecule has 0 saturated heterocycles. The minimum atomic E-state index is 0.653. The van der Waals surface area contributed by atoms with Crippen LogP contribution in [0.15, 0.2) is 115 Å². The zero-order valence-corrected chi connectivity index (χ0v) is 19.3. The monoisotopic (exact) mass is 450 g/mol. The summed E-state index contributed by atoms with van der Waals surface area (Å²) in [5, 5.41) is 1.14. The van der Waals surface area contributed by atoms with Gasteiger partial charge in [-0.2, -0.15) is 0 Å². The highest BCUT2D eigenvalue weighted by molar-refractivity contribution is 5.94. The predicted molar refractivity (Wildman–Crippen MR) is 142 cm³/mol. The van der Waals surface area contributed by atoms with E-state index in [1.165, 1.54) is 5.56 Å². The van der Waals surface area contributed by atoms with Gasteiger partial charge in [-0.1, -0.05) is 103 Å². The van der Waals surface area contributed by atoms with Gasteiger partial charge >= 0.3 is 0 Å². The highest BCUT2D eigenvalue weighted by atomic mass is 15.0. The highest BCUT2D eigenvalue weighted by Gasteiger charge is 2.13. The summed E-state index contributed by atoms with van der Waals surface area (Å²) in [7, 11) is 0. The third kappa shape index (κ3) is 4.18. The van der Waals surface area contributed by atoms with Crippen LogP contribution >= 0.6 is 0 Å². The van der Waals surface area contributed by atoms with Crippen molar-refractivity contribution in [3.63, 3.8) is 0 Å². The van der Waals surface area contributed by atoms with Gasteiger partial charge in [-0.25, -0.2) is 15.0 Å². The van der Waals surface area contributed by atoms with Crippen LogP contribution in [0.1, 0.15) is 5.69 Å². The third-order valence-corrected chi connectivity index (χ3v) is 6.00. The Balaban J connectivity index is 1.46. The molecule has 0 amide bonds. The molecule has 0 aliphatic carbocycles. The molecule has 0 radical (unpaired) electrons. The Morgan fingerprint density at radius 3 is 1.46 bits per heavy atom. The second kappa shape index (κ2) is 8.92. The summed E-state index contributed by atoms with van der Waals surface area (Å²) in [6.45, 7) is 2.03. The van der Waals surface area contributed by atoms with E-state index in [2.05, 4.69) is 53.5 Å². The van der Waals surface area contributed by atoms with E-state index in [-0.39, 0.29) is 0 Å². The first-order chi connectivity index (χ1) is 17.2. The first-order valence-corrected chi connectivity index (χ1v) is 11.6. The Bertz CT molecular complexity index is 1570. The van der Waals surface area contributed by atoms with Crippen LogP contribution in [0.3, 0.4) is 0 Å². The van der Waals surface area contributed by atoms with Crippen molar-refractivity contribution in [2.45, 2.75) is 6.92 Å². The van der Waals surface area contributed by atoms with E-state index in [4.69, 9.17) is 15.0 Å². The second-order valence-electron chi connectivity index (χ2n) is 8.44. The number of pyridine rings is 1. The van der Waals surface area contributed by atoms with E-state index in [0.29, 0.717) is 17.5 Å². The first kappa shape index (κ1) is 20.9. The fourth-order valence-corrected chi connectivity index (χ4v) is 4.28. The molecule has 0 aliphatic rings. The van der Waals surface area contributed by atoms with E-state index in [9.17, 15) is 0 Å². The van der Waals surface area contributed by atoms with Gasteiger partial charge in [0.25, 0.3) is 0 Å². The Hall–Kier alpha value is -4.70. The number of hydrogen-bond acceptors (Lipinski definition) is 4. The SMILES string of the molecule is Cc1cc(-c2ccc(-c3nc(-c4ccccc4)nc(-c4ccccc4)n3)cc2)c2ccccc2n1. The fourth-order valence-electron chi connectivity index (χ4n) is 4.28. The van der Waals surface area contributed by atoms with E-state index >= 15 is 0 Å². The average Bonchev–Trinajstić information content (AvgIpc) is 2.93. The van der Waals surface area contributed by atoms with Gasteiger partial charge in [0, 0.05) is 27.8 Å². The van der Waals surface area contributed by atoms with Crippen molar-refractivity contribution in [2.75, 3.05) is 0 Å². The number of hydrogen-bond donors (Lipinski definition) is 0. The number of nitrogens with zero attached hydrogens (tertiary/aromatic N) is 4. The van der Waals surface area contributed by atoms with E-state index < -0.39 is 0 Å². The summed E-state index contributed by atoms with van der Waals surface area (Å²) in [6.07, 6.45) is 0. The summed E-state index contributed by atoms with van der Waals surface area (Å²) >= 11 is 0. The van der Waals surface area contributed by atoms with Crippen molar-refractivity contribution >= 4 is 10.9 Å². The van der Waals surface area contributed by atoms with Gasteiger partial charge < -0.3 is 0 Å². The number of rotatable bonds is 4. The second-order valence-corrected chi connectivity index (χ2v) is 8.44. The highest BCUT2D eigenvalue weighted by Crippen LogP contribution is 2.31. The molecule has 0 atom stereocenters. The van der Waals surface area contributed by atoms with Crippen LogP contribution in [0.25, 0.3) is 56.2 Å². The standard InChI is InChI=1S/C31H22N4/c1-21-20-27(26-14-8-9-15-28(26)32-21)22-16-18-25(19-17-22)31-34-29(23-10-4-2-5-11-23)33-30(35-31)24-12-6-3-7-13-24/h2-20H,1H3. The van der Waals surface area contributed by atoms with Gasteiger partial charge in [0.05, 0.1) is 5.52 Å². The zero-order chi connectivity index (χ0) is 23.6. The Morgan fingerprint density at radius 1 is 0.429 bits per heavy atom. The van der Waals surface area contributed by atoms with E-state index in [1.807, 2.05) is 73.7 Å². The maximum Gasteiger partial charge on any atom is 0.164 e. The molecule has 0 fully saturated rings. The fraction of sp³-hybridized carbons (Fsp3) is 0.0323. The van der Waals surface area contributed by atoms with E-state index in [0.717, 1.165) is 38.9 Å². The van der Waals surface area contributed by atoms with Crippen molar-refractivity contribution in [3.8, 4) is 45.3 Å². The molecule has 4 nitrogen and oxygen atoms in total. The van der Waals surface area contributed by atoms with Crippen LogP contribution in [-0.4, -0.2) is 19.9 Å². The summed E-state index contributed by atoms with van der Waals surface area (Å²) in [4.78, 5) is 19.1. The van der Waals surface area contributed by atoms with Gasteiger partial charge in [0.2, 0.25) is 0 Å². The molecule has 0 saturated carbocycles. The molecule has 0 unspecified atom stereocenters. The lowest BCUT2D eigenvalue weighted by Crippen LogP contribution is -2.00. The molecular weight excluding hydrogens is 428 g/mol. The maximum atomic E-state index is 4.83. The molecule has 4 aromatic carbocycles. The lowest BCUT2D eigenvalue weighted by atomic mass is 9.99. The number of aromatic nitrogens is 4. The summed E-state index contributed by atoms with van der Waals surface area (Å²) < 4.78 is 0. The van der Waals surface area contributed by atoms with Gasteiger partial charge in [-0.15, -0.1) is 0 Å². The van der Waals surface area contributed by atoms with Gasteiger partial charge in [-0.3, -0.25) is 4.98 Å². The van der Waals surface area contributed by atoms with Crippen molar-refractivity contribution in [1.82, 2.24) is 19.9 Å². The number of benzene rings is 4. The van der Waals surface area contributed by atoms with Crippen LogP contribution in [0.2, 0.25) is 0 Å². The molecule has 166 valence electrons. The topological polar surface area (TPSA) is 51.6 Å². The van der Waals surface area contributed by atoms with Gasteiger partial charge in [-0.05, 0) is 30.2 Å². The Labute approximate surface area is 204 Å². The largest absolute Gasteiger partial charge is 0.253 e. The van der Waals surface area contributed by atoms with Crippen molar-refractivity contribution < 1.29 is 0 Å². The van der Waals surface area contributed by atoms with Gasteiger partial charge in [0.1, 0.15) is 0 Å². The molecule has 0 N–H and O–H groups in total. The van der Waals surface area contributed by atoms with Crippen LogP contribution in [0.4, 0.5) is 0 Å². The summed E-state index contributed by atoms with van der Waals surface area (Å²) in [5.41, 5.74) is 7.18. The third-order valence-electron chi connectivity index (χ3n) is 6.00. The molecular formula is C31H22N4. The molecule has 6 rings (SSSR count). The molecule has 6 aromatic rings. The quantitative estimate of drug-likeness (QED) is 0.281. The van der Waals surface area contributed by atoms with Crippen molar-refractivity contribution in [3.05, 3.63) is 121 Å². The van der Waals surface area contributed by atoms with Crippen LogP contribution in [0.5, 0.6) is 0 Å². The molecule has 0 bridgehead atoms. The molecule has 4 heteroatoms. The lowest BCUT2D eigenvalue weighted by molar-refractivity contribution is 1.07. The van der Waals surface area contributed by atoms with Crippen LogP contribution in [0, 0.1) is 6.92 Å². The average molecular weight is 451 g/mol. The van der Waals surface area contributed by atoms with Gasteiger partial charge in [0.15, 0.2) is 17.5 Å². The molecule has 2 aromatic heterocycles. The molecule has 0 spiro atoms. The lowest BCUT2D eigenvalue weighted by Gasteiger charge is -2.10. The Morgan fingerprint density at radius 2 is 0.886 bits per heavy atom. The molecule has 0 aliphatic heterocycles. The maximum absolute atomic E-state index is 4.83.